The molecule has 1 saturated heterocycles. The highest BCUT2D eigenvalue weighted by atomic mass is 32.1. The first-order valence-electron chi connectivity index (χ1n) is 8.89. The lowest BCUT2D eigenvalue weighted by atomic mass is 9.91. The van der Waals surface area contributed by atoms with Gasteiger partial charge in [0.25, 0.3) is 5.91 Å². The normalized spacial score (nSPS) is 27.0. The minimum absolute atomic E-state index is 0.00843. The molecule has 146 valence electrons. The number of β-amino-alcohol motifs (C(OH)–C–C–N with tert-alkyl or cyclic N) is 1. The second kappa shape index (κ2) is 6.68. The molecule has 2 aromatic rings. The number of aryl methyl sites for hydroxylation is 1. The molecule has 0 spiro atoms. The molecule has 2 amide bonds. The highest BCUT2D eigenvalue weighted by Gasteiger charge is 2.46. The number of aliphatic hydroxyl groups excluding tert-OH is 1. The Morgan fingerprint density at radius 3 is 2.68 bits per heavy atom. The van der Waals surface area contributed by atoms with Gasteiger partial charge in [-0.15, -0.1) is 11.3 Å². The number of aliphatic hydroxyl groups is 1. The molecule has 1 fully saturated rings. The van der Waals surface area contributed by atoms with Crippen LogP contribution in [-0.2, 0) is 10.3 Å². The van der Waals surface area contributed by atoms with Gasteiger partial charge in [-0.3, -0.25) is 9.69 Å². The minimum atomic E-state index is -1.14. The monoisotopic (exact) mass is 400 g/mol. The zero-order chi connectivity index (χ0) is 20.1. The Bertz CT molecular complexity index is 971. The summed E-state index contributed by atoms with van der Waals surface area (Å²) in [5.41, 5.74) is 3.34. The van der Waals surface area contributed by atoms with Crippen molar-refractivity contribution in [2.24, 2.45) is 4.99 Å². The molecule has 2 aliphatic rings. The van der Waals surface area contributed by atoms with Crippen molar-refractivity contribution in [1.82, 2.24) is 15.2 Å². The third-order valence-corrected chi connectivity index (χ3v) is 6.30. The summed E-state index contributed by atoms with van der Waals surface area (Å²) in [6.45, 7) is 3.67. The molecule has 4 rings (SSSR count). The summed E-state index contributed by atoms with van der Waals surface area (Å²) in [6.07, 6.45) is -1.70. The van der Waals surface area contributed by atoms with Gasteiger partial charge in [-0.05, 0) is 25.0 Å². The highest BCUT2D eigenvalue weighted by Crippen LogP contribution is 2.34. The molecule has 9 heteroatoms. The maximum Gasteiger partial charge on any atom is 0.408 e. The van der Waals surface area contributed by atoms with Gasteiger partial charge in [0.2, 0.25) is 0 Å². The largest absolute Gasteiger partial charge is 0.465 e. The fourth-order valence-electron chi connectivity index (χ4n) is 3.72. The molecule has 8 nitrogen and oxygen atoms in total. The Kier molecular flexibility index (Phi) is 4.43. The SMILES string of the molecule is Cc1ncsc1-c1ccc(C2(C)N=C(C3C[C@@H](O)CN3C(=O)O)NC2=O)cc1. The Morgan fingerprint density at radius 2 is 2.07 bits per heavy atom. The van der Waals surface area contributed by atoms with E-state index in [0.29, 0.717) is 5.56 Å². The maximum atomic E-state index is 12.7. The van der Waals surface area contributed by atoms with Crippen LogP contribution in [0.25, 0.3) is 10.4 Å². The zero-order valence-electron chi connectivity index (χ0n) is 15.4. The average Bonchev–Trinajstić information content (AvgIpc) is 3.34. The van der Waals surface area contributed by atoms with Crippen molar-refractivity contribution in [2.45, 2.75) is 38.0 Å². The lowest BCUT2D eigenvalue weighted by Crippen LogP contribution is -2.45. The number of hydrogen-bond acceptors (Lipinski definition) is 6. The van der Waals surface area contributed by atoms with Crippen molar-refractivity contribution in [3.63, 3.8) is 0 Å². The number of aromatic nitrogens is 1. The van der Waals surface area contributed by atoms with Crippen LogP contribution in [0.15, 0.2) is 34.8 Å². The van der Waals surface area contributed by atoms with Crippen molar-refractivity contribution in [1.29, 1.82) is 0 Å². The topological polar surface area (TPSA) is 115 Å². The van der Waals surface area contributed by atoms with E-state index in [2.05, 4.69) is 15.3 Å². The number of likely N-dealkylation sites (tertiary alicyclic amines) is 1. The summed E-state index contributed by atoms with van der Waals surface area (Å²) in [7, 11) is 0. The summed E-state index contributed by atoms with van der Waals surface area (Å²) < 4.78 is 0. The van der Waals surface area contributed by atoms with Gasteiger partial charge in [0.05, 0.1) is 34.8 Å². The number of aliphatic imine (C=N–C) groups is 1. The number of carboxylic acid groups (broad SMARTS) is 1. The van der Waals surface area contributed by atoms with Gasteiger partial charge in [0.1, 0.15) is 5.84 Å². The molecule has 2 aliphatic heterocycles. The molecule has 2 unspecified atom stereocenters. The number of benzene rings is 1. The van der Waals surface area contributed by atoms with Crippen molar-refractivity contribution in [3.8, 4) is 10.4 Å². The molecule has 3 atom stereocenters. The van der Waals surface area contributed by atoms with Crippen LogP contribution in [0.4, 0.5) is 4.79 Å². The van der Waals surface area contributed by atoms with Crippen LogP contribution in [0.5, 0.6) is 0 Å². The first-order valence-corrected chi connectivity index (χ1v) is 9.77. The standard InChI is InChI=1S/C19H20N4O4S/c1-10-15(28-9-20-10)11-3-5-12(6-4-11)19(2)17(25)21-16(22-19)14-7-13(24)8-23(14)18(26)27/h3-6,9,13-14,24H,7-8H2,1-2H3,(H,26,27)(H,21,22,25)/t13-,14?,19?/m1/s1. The van der Waals surface area contributed by atoms with E-state index in [9.17, 15) is 19.8 Å². The van der Waals surface area contributed by atoms with E-state index in [1.165, 1.54) is 0 Å². The number of nitrogens with one attached hydrogen (secondary N) is 1. The number of nitrogens with zero attached hydrogens (tertiary/aromatic N) is 3. The molecule has 0 saturated carbocycles. The molecule has 3 heterocycles. The summed E-state index contributed by atoms with van der Waals surface area (Å²) in [4.78, 5) is 35.2. The zero-order valence-corrected chi connectivity index (χ0v) is 16.2. The third-order valence-electron chi connectivity index (χ3n) is 5.32. The number of amidine groups is 1. The van der Waals surface area contributed by atoms with Crippen LogP contribution in [0.2, 0.25) is 0 Å². The summed E-state index contributed by atoms with van der Waals surface area (Å²) in [6, 6.07) is 6.94. The molecule has 1 aromatic carbocycles. The fraction of sp³-hybridized carbons (Fsp3) is 0.368. The predicted octanol–water partition coefficient (Wildman–Crippen LogP) is 1.98. The number of thiazole rings is 1. The molecular weight excluding hydrogens is 380 g/mol. The van der Waals surface area contributed by atoms with Gasteiger partial charge in [-0.25, -0.2) is 14.8 Å². The van der Waals surface area contributed by atoms with E-state index >= 15 is 0 Å². The number of carbonyl (C=O) groups excluding carboxylic acids is 1. The maximum absolute atomic E-state index is 12.7. The second-order valence-corrected chi connectivity index (χ2v) is 8.06. The van der Waals surface area contributed by atoms with E-state index in [0.717, 1.165) is 21.0 Å². The molecule has 28 heavy (non-hydrogen) atoms. The molecular formula is C19H20N4O4S. The van der Waals surface area contributed by atoms with Gasteiger partial charge in [0, 0.05) is 6.42 Å². The summed E-state index contributed by atoms with van der Waals surface area (Å²) in [5, 5.41) is 21.9. The lowest BCUT2D eigenvalue weighted by molar-refractivity contribution is -0.123. The molecule has 0 aliphatic carbocycles. The van der Waals surface area contributed by atoms with E-state index in [1.54, 1.807) is 23.8 Å². The first kappa shape index (κ1) is 18.6. The van der Waals surface area contributed by atoms with Gasteiger partial charge in [-0.2, -0.15) is 0 Å². The highest BCUT2D eigenvalue weighted by molar-refractivity contribution is 7.13. The van der Waals surface area contributed by atoms with Gasteiger partial charge < -0.3 is 15.5 Å². The number of hydrogen-bond donors (Lipinski definition) is 3. The Hall–Kier alpha value is -2.78. The number of amides is 2. The second-order valence-electron chi connectivity index (χ2n) is 7.21. The van der Waals surface area contributed by atoms with Gasteiger partial charge >= 0.3 is 6.09 Å². The van der Waals surface area contributed by atoms with Gasteiger partial charge in [0.15, 0.2) is 5.54 Å². The molecule has 0 radical (unpaired) electrons. The molecule has 3 N–H and O–H groups in total. The van der Waals surface area contributed by atoms with Crippen molar-refractivity contribution in [2.75, 3.05) is 6.54 Å². The molecule has 1 aromatic heterocycles. The number of carbonyl (C=O) groups is 2. The van der Waals surface area contributed by atoms with Crippen molar-refractivity contribution in [3.05, 3.63) is 41.0 Å². The van der Waals surface area contributed by atoms with Crippen LogP contribution in [0.3, 0.4) is 0 Å². The van der Waals surface area contributed by atoms with E-state index in [4.69, 9.17) is 0 Å². The Labute approximate surface area is 165 Å². The summed E-state index contributed by atoms with van der Waals surface area (Å²) >= 11 is 1.56. The molecule has 0 bridgehead atoms. The van der Waals surface area contributed by atoms with E-state index in [-0.39, 0.29) is 24.7 Å². The Morgan fingerprint density at radius 1 is 1.36 bits per heavy atom. The minimum Gasteiger partial charge on any atom is -0.465 e. The van der Waals surface area contributed by atoms with E-state index in [1.807, 2.05) is 31.2 Å². The third kappa shape index (κ3) is 2.96. The lowest BCUT2D eigenvalue weighted by Gasteiger charge is -2.20. The number of rotatable bonds is 3. The van der Waals surface area contributed by atoms with Crippen molar-refractivity contribution >= 4 is 29.2 Å². The predicted molar refractivity (Wildman–Crippen MR) is 104 cm³/mol. The van der Waals surface area contributed by atoms with Crippen LogP contribution in [0.1, 0.15) is 24.6 Å². The average molecular weight is 400 g/mol. The first-order chi connectivity index (χ1) is 13.3. The van der Waals surface area contributed by atoms with E-state index < -0.39 is 23.8 Å². The Balaban J connectivity index is 1.64. The van der Waals surface area contributed by atoms with Crippen LogP contribution >= 0.6 is 11.3 Å². The van der Waals surface area contributed by atoms with Crippen LogP contribution in [-0.4, -0.2) is 56.6 Å². The van der Waals surface area contributed by atoms with Crippen LogP contribution in [0, 0.1) is 6.92 Å². The quantitative estimate of drug-likeness (QED) is 0.729. The van der Waals surface area contributed by atoms with Crippen molar-refractivity contribution < 1.29 is 19.8 Å². The fourth-order valence-corrected chi connectivity index (χ4v) is 4.53. The van der Waals surface area contributed by atoms with Crippen LogP contribution < -0.4 is 5.32 Å². The summed E-state index contributed by atoms with van der Waals surface area (Å²) in [5.74, 6) is -0.0234. The van der Waals surface area contributed by atoms with Gasteiger partial charge in [-0.1, -0.05) is 24.3 Å². The smallest absolute Gasteiger partial charge is 0.408 e.